The molecule has 1 N–H and O–H groups in total. The molecule has 3 rings (SSSR count). The highest BCUT2D eigenvalue weighted by atomic mass is 16.5. The molecule has 6 heteroatoms. The van der Waals surface area contributed by atoms with Crippen molar-refractivity contribution in [2.24, 2.45) is 0 Å². The Morgan fingerprint density at radius 1 is 1.00 bits per heavy atom. The summed E-state index contributed by atoms with van der Waals surface area (Å²) in [5, 5.41) is 9.34. The highest BCUT2D eigenvalue weighted by Crippen LogP contribution is 2.32. The monoisotopic (exact) mass is 394 g/mol. The summed E-state index contributed by atoms with van der Waals surface area (Å²) in [5.41, 5.74) is 2.19. The number of aliphatic hydroxyl groups is 1. The molecule has 2 aromatic carbocycles. The van der Waals surface area contributed by atoms with E-state index in [0.717, 1.165) is 17.7 Å². The lowest BCUT2D eigenvalue weighted by atomic mass is 10.0. The maximum Gasteiger partial charge on any atom is 0.278 e. The van der Waals surface area contributed by atoms with Crippen LogP contribution >= 0.6 is 0 Å². The van der Waals surface area contributed by atoms with Gasteiger partial charge in [-0.25, -0.2) is 0 Å². The van der Waals surface area contributed by atoms with E-state index in [1.54, 1.807) is 36.2 Å². The summed E-state index contributed by atoms with van der Waals surface area (Å²) in [6, 6.07) is 16.6. The third-order valence-corrected chi connectivity index (χ3v) is 4.76. The first-order valence-electron chi connectivity index (χ1n) is 9.76. The third-order valence-electron chi connectivity index (χ3n) is 4.76. The SMILES string of the molecule is CCCOc1ccc(C2=C(N(C)CCO)C(=O)N(Cc3ccccc3)C2=O)cc1. The third kappa shape index (κ3) is 4.49. The lowest BCUT2D eigenvalue weighted by Crippen LogP contribution is -2.34. The van der Waals surface area contributed by atoms with Crippen molar-refractivity contribution < 1.29 is 19.4 Å². The van der Waals surface area contributed by atoms with E-state index in [9.17, 15) is 14.7 Å². The largest absolute Gasteiger partial charge is 0.494 e. The first-order valence-corrected chi connectivity index (χ1v) is 9.76. The molecule has 0 aliphatic carbocycles. The van der Waals surface area contributed by atoms with Gasteiger partial charge >= 0.3 is 0 Å². The molecule has 0 bridgehead atoms. The normalized spacial score (nSPS) is 14.0. The van der Waals surface area contributed by atoms with Gasteiger partial charge in [0.2, 0.25) is 0 Å². The molecule has 0 aromatic heterocycles. The number of imide groups is 1. The zero-order valence-corrected chi connectivity index (χ0v) is 16.8. The Hall–Kier alpha value is -3.12. The molecule has 0 unspecified atom stereocenters. The van der Waals surface area contributed by atoms with Crippen LogP contribution in [0.25, 0.3) is 5.57 Å². The van der Waals surface area contributed by atoms with Crippen LogP contribution in [0.5, 0.6) is 5.75 Å². The smallest absolute Gasteiger partial charge is 0.278 e. The minimum absolute atomic E-state index is 0.114. The van der Waals surface area contributed by atoms with Gasteiger partial charge in [-0.05, 0) is 29.7 Å². The van der Waals surface area contributed by atoms with Crippen molar-refractivity contribution in [3.05, 3.63) is 71.4 Å². The van der Waals surface area contributed by atoms with E-state index in [1.807, 2.05) is 37.3 Å². The van der Waals surface area contributed by atoms with Gasteiger partial charge in [0.15, 0.2) is 0 Å². The maximum absolute atomic E-state index is 13.2. The lowest BCUT2D eigenvalue weighted by Gasteiger charge is -2.20. The zero-order chi connectivity index (χ0) is 20.8. The Kier molecular flexibility index (Phi) is 6.67. The van der Waals surface area contributed by atoms with Crippen molar-refractivity contribution >= 4 is 17.4 Å². The number of hydrogen-bond donors (Lipinski definition) is 1. The second-order valence-electron chi connectivity index (χ2n) is 6.92. The van der Waals surface area contributed by atoms with Crippen LogP contribution in [0, 0.1) is 0 Å². The Labute approximate surface area is 171 Å². The molecule has 1 aliphatic rings. The van der Waals surface area contributed by atoms with Crippen LogP contribution in [-0.2, 0) is 16.1 Å². The van der Waals surface area contributed by atoms with Crippen LogP contribution in [0.3, 0.4) is 0 Å². The predicted molar refractivity (Wildman–Crippen MR) is 111 cm³/mol. The summed E-state index contributed by atoms with van der Waals surface area (Å²) in [4.78, 5) is 29.3. The molecular formula is C23H26N2O4. The zero-order valence-electron chi connectivity index (χ0n) is 16.8. The van der Waals surface area contributed by atoms with Crippen molar-refractivity contribution in [1.82, 2.24) is 9.80 Å². The Balaban J connectivity index is 1.95. The van der Waals surface area contributed by atoms with E-state index in [-0.39, 0.29) is 31.5 Å². The number of nitrogens with zero attached hydrogens (tertiary/aromatic N) is 2. The van der Waals surface area contributed by atoms with Gasteiger partial charge in [-0.2, -0.15) is 0 Å². The number of rotatable bonds is 9. The second kappa shape index (κ2) is 9.39. The van der Waals surface area contributed by atoms with Crippen molar-refractivity contribution in [3.8, 4) is 5.75 Å². The van der Waals surface area contributed by atoms with E-state index in [2.05, 4.69) is 0 Å². The first-order chi connectivity index (χ1) is 14.1. The van der Waals surface area contributed by atoms with Gasteiger partial charge in [-0.3, -0.25) is 14.5 Å². The van der Waals surface area contributed by atoms with Gasteiger partial charge in [-0.1, -0.05) is 49.4 Å². The summed E-state index contributed by atoms with van der Waals surface area (Å²) in [7, 11) is 1.71. The number of carbonyl (C=O) groups is 2. The van der Waals surface area contributed by atoms with Crippen LogP contribution in [0.15, 0.2) is 60.3 Å². The fourth-order valence-corrected chi connectivity index (χ4v) is 3.29. The number of benzene rings is 2. The molecule has 2 amide bonds. The molecular weight excluding hydrogens is 368 g/mol. The van der Waals surface area contributed by atoms with E-state index in [0.29, 0.717) is 23.4 Å². The number of hydrogen-bond acceptors (Lipinski definition) is 5. The molecule has 1 heterocycles. The van der Waals surface area contributed by atoms with E-state index < -0.39 is 0 Å². The van der Waals surface area contributed by atoms with Crippen LogP contribution in [0.1, 0.15) is 24.5 Å². The van der Waals surface area contributed by atoms with Gasteiger partial charge in [0, 0.05) is 13.6 Å². The Morgan fingerprint density at radius 3 is 2.31 bits per heavy atom. The number of aliphatic hydroxyl groups excluding tert-OH is 1. The number of amides is 2. The van der Waals surface area contributed by atoms with Gasteiger partial charge < -0.3 is 14.7 Å². The molecule has 2 aromatic rings. The fourth-order valence-electron chi connectivity index (χ4n) is 3.29. The molecule has 0 spiro atoms. The fraction of sp³-hybridized carbons (Fsp3) is 0.304. The predicted octanol–water partition coefficient (Wildman–Crippen LogP) is 2.68. The van der Waals surface area contributed by atoms with Crippen molar-refractivity contribution in [3.63, 3.8) is 0 Å². The molecule has 0 saturated heterocycles. The van der Waals surface area contributed by atoms with Crippen molar-refractivity contribution in [2.75, 3.05) is 26.8 Å². The number of ether oxygens (including phenoxy) is 1. The van der Waals surface area contributed by atoms with Gasteiger partial charge in [0.05, 0.1) is 25.3 Å². The summed E-state index contributed by atoms with van der Waals surface area (Å²) in [6.07, 6.45) is 0.907. The maximum atomic E-state index is 13.2. The van der Waals surface area contributed by atoms with Crippen LogP contribution in [-0.4, -0.2) is 53.5 Å². The minimum Gasteiger partial charge on any atom is -0.494 e. The van der Waals surface area contributed by atoms with Crippen LogP contribution < -0.4 is 4.74 Å². The molecule has 0 atom stereocenters. The van der Waals surface area contributed by atoms with E-state index in [1.165, 1.54) is 4.90 Å². The molecule has 0 fully saturated rings. The summed E-state index contributed by atoms with van der Waals surface area (Å²) < 4.78 is 5.61. The topological polar surface area (TPSA) is 70.1 Å². The highest BCUT2D eigenvalue weighted by Gasteiger charge is 2.40. The van der Waals surface area contributed by atoms with Gasteiger partial charge in [0.25, 0.3) is 11.8 Å². The first kappa shape index (κ1) is 20.6. The lowest BCUT2D eigenvalue weighted by molar-refractivity contribution is -0.138. The van der Waals surface area contributed by atoms with Gasteiger partial charge in [-0.15, -0.1) is 0 Å². The standard InChI is InChI=1S/C23H26N2O4/c1-3-15-29-19-11-9-18(10-12-19)20-21(24(2)13-14-26)23(28)25(22(20)27)16-17-7-5-4-6-8-17/h4-12,26H,3,13-16H2,1-2H3. The minimum atomic E-state index is -0.351. The highest BCUT2D eigenvalue weighted by molar-refractivity contribution is 6.35. The number of carbonyl (C=O) groups excluding carboxylic acids is 2. The summed E-state index contributed by atoms with van der Waals surface area (Å²) in [5.74, 6) is 0.0383. The van der Waals surface area contributed by atoms with E-state index >= 15 is 0 Å². The van der Waals surface area contributed by atoms with E-state index in [4.69, 9.17) is 4.74 Å². The second-order valence-corrected chi connectivity index (χ2v) is 6.92. The molecule has 29 heavy (non-hydrogen) atoms. The summed E-state index contributed by atoms with van der Waals surface area (Å²) in [6.45, 7) is 3.00. The average Bonchev–Trinajstić information content (AvgIpc) is 2.98. The van der Waals surface area contributed by atoms with Crippen LogP contribution in [0.4, 0.5) is 0 Å². The average molecular weight is 394 g/mol. The molecule has 0 saturated carbocycles. The Bertz CT molecular complexity index is 891. The quantitative estimate of drug-likeness (QED) is 0.662. The van der Waals surface area contributed by atoms with Crippen LogP contribution in [0.2, 0.25) is 0 Å². The van der Waals surface area contributed by atoms with Gasteiger partial charge in [0.1, 0.15) is 11.4 Å². The number of likely N-dealkylation sites (N-methyl/N-ethyl adjacent to an activating group) is 1. The molecule has 1 aliphatic heterocycles. The van der Waals surface area contributed by atoms with Crippen molar-refractivity contribution in [2.45, 2.75) is 19.9 Å². The molecule has 0 radical (unpaired) electrons. The summed E-state index contributed by atoms with van der Waals surface area (Å²) >= 11 is 0. The van der Waals surface area contributed by atoms with Crippen molar-refractivity contribution in [1.29, 1.82) is 0 Å². The Morgan fingerprint density at radius 2 is 1.69 bits per heavy atom. The molecule has 6 nitrogen and oxygen atoms in total. The molecule has 152 valence electrons.